The maximum atomic E-state index is 5.65. The van der Waals surface area contributed by atoms with Gasteiger partial charge in [-0.3, -0.25) is 9.80 Å². The molecule has 0 amide bonds. The van der Waals surface area contributed by atoms with Crippen LogP contribution in [0.4, 0.5) is 5.13 Å². The standard InChI is InChI=1S/C11H18N4OS/c12-11-13-5-10(17-11)7-14-1-2-15-3-4-16-8-9(15)6-14/h5,9H,1-4,6-8H2,(H2,12,13). The van der Waals surface area contributed by atoms with Crippen molar-refractivity contribution in [1.82, 2.24) is 14.8 Å². The predicted octanol–water partition coefficient (Wildman–Crippen LogP) is 0.242. The van der Waals surface area contributed by atoms with E-state index in [2.05, 4.69) is 14.8 Å². The van der Waals surface area contributed by atoms with E-state index in [0.29, 0.717) is 11.2 Å². The summed E-state index contributed by atoms with van der Waals surface area (Å²) in [5.41, 5.74) is 5.65. The van der Waals surface area contributed by atoms with Gasteiger partial charge in [0, 0.05) is 49.8 Å². The monoisotopic (exact) mass is 254 g/mol. The summed E-state index contributed by atoms with van der Waals surface area (Å²) >= 11 is 1.59. The third-order valence-corrected chi connectivity index (χ3v) is 4.28. The van der Waals surface area contributed by atoms with Crippen molar-refractivity contribution in [1.29, 1.82) is 0 Å². The number of nitrogens with two attached hydrogens (primary N) is 1. The molecule has 3 rings (SSSR count). The minimum Gasteiger partial charge on any atom is -0.378 e. The van der Waals surface area contributed by atoms with Crippen LogP contribution >= 0.6 is 11.3 Å². The van der Waals surface area contributed by atoms with Gasteiger partial charge in [0.05, 0.1) is 13.2 Å². The fourth-order valence-electron chi connectivity index (χ4n) is 2.57. The van der Waals surface area contributed by atoms with Crippen LogP contribution in [0.3, 0.4) is 0 Å². The van der Waals surface area contributed by atoms with Gasteiger partial charge in [0.2, 0.25) is 0 Å². The first-order valence-electron chi connectivity index (χ1n) is 6.05. The fraction of sp³-hybridized carbons (Fsp3) is 0.727. The van der Waals surface area contributed by atoms with Gasteiger partial charge in [0.15, 0.2) is 5.13 Å². The summed E-state index contributed by atoms with van der Waals surface area (Å²) in [6.07, 6.45) is 1.89. The van der Waals surface area contributed by atoms with Crippen LogP contribution in [0.5, 0.6) is 0 Å². The average Bonchev–Trinajstić information content (AvgIpc) is 2.75. The van der Waals surface area contributed by atoms with Crippen molar-refractivity contribution in [3.05, 3.63) is 11.1 Å². The van der Waals surface area contributed by atoms with Gasteiger partial charge in [-0.05, 0) is 0 Å². The molecule has 0 aliphatic carbocycles. The number of fused-ring (bicyclic) bond motifs is 1. The summed E-state index contributed by atoms with van der Waals surface area (Å²) in [6.45, 7) is 7.21. The first-order valence-corrected chi connectivity index (χ1v) is 6.87. The minimum atomic E-state index is 0.572. The van der Waals surface area contributed by atoms with E-state index in [-0.39, 0.29) is 0 Å². The van der Waals surface area contributed by atoms with Crippen LogP contribution in [-0.4, -0.2) is 60.2 Å². The summed E-state index contributed by atoms with van der Waals surface area (Å²) in [5, 5.41) is 0.666. The summed E-state index contributed by atoms with van der Waals surface area (Å²) in [4.78, 5) is 10.4. The summed E-state index contributed by atoms with van der Waals surface area (Å²) < 4.78 is 5.54. The number of nitrogen functional groups attached to an aromatic ring is 1. The average molecular weight is 254 g/mol. The number of rotatable bonds is 2. The van der Waals surface area contributed by atoms with Crippen molar-refractivity contribution in [3.63, 3.8) is 0 Å². The second-order valence-electron chi connectivity index (χ2n) is 4.66. The molecule has 6 heteroatoms. The van der Waals surface area contributed by atoms with Gasteiger partial charge >= 0.3 is 0 Å². The maximum Gasteiger partial charge on any atom is 0.180 e. The molecule has 94 valence electrons. The Hall–Kier alpha value is -0.690. The molecule has 2 aliphatic heterocycles. The third-order valence-electron chi connectivity index (χ3n) is 3.47. The molecule has 1 unspecified atom stereocenters. The van der Waals surface area contributed by atoms with Gasteiger partial charge < -0.3 is 10.5 Å². The number of aromatic nitrogens is 1. The Morgan fingerprint density at radius 1 is 1.47 bits per heavy atom. The summed E-state index contributed by atoms with van der Waals surface area (Å²) in [7, 11) is 0. The normalized spacial score (nSPS) is 26.9. The first kappa shape index (κ1) is 11.4. The molecule has 1 aromatic rings. The van der Waals surface area contributed by atoms with Gasteiger partial charge in [-0.2, -0.15) is 0 Å². The molecule has 0 saturated carbocycles. The van der Waals surface area contributed by atoms with Crippen LogP contribution in [0.2, 0.25) is 0 Å². The number of piperazine rings is 1. The molecule has 1 atom stereocenters. The van der Waals surface area contributed by atoms with E-state index >= 15 is 0 Å². The van der Waals surface area contributed by atoms with E-state index in [0.717, 1.165) is 45.9 Å². The molecule has 0 spiro atoms. The van der Waals surface area contributed by atoms with Crippen LogP contribution < -0.4 is 5.73 Å². The van der Waals surface area contributed by atoms with Crippen molar-refractivity contribution in [2.75, 3.05) is 45.1 Å². The lowest BCUT2D eigenvalue weighted by molar-refractivity contribution is -0.0460. The third kappa shape index (κ3) is 2.60. The molecular formula is C11H18N4OS. The zero-order valence-electron chi connectivity index (χ0n) is 9.84. The molecule has 0 radical (unpaired) electrons. The van der Waals surface area contributed by atoms with Gasteiger partial charge in [0.25, 0.3) is 0 Å². The van der Waals surface area contributed by atoms with Crippen molar-refractivity contribution < 1.29 is 4.74 Å². The zero-order chi connectivity index (χ0) is 11.7. The molecule has 2 fully saturated rings. The van der Waals surface area contributed by atoms with E-state index in [1.54, 1.807) is 11.3 Å². The van der Waals surface area contributed by atoms with E-state index < -0.39 is 0 Å². The Kier molecular flexibility index (Phi) is 3.28. The lowest BCUT2D eigenvalue weighted by Gasteiger charge is -2.43. The predicted molar refractivity (Wildman–Crippen MR) is 68.0 cm³/mol. The topological polar surface area (TPSA) is 54.6 Å². The molecule has 17 heavy (non-hydrogen) atoms. The highest BCUT2D eigenvalue weighted by atomic mass is 32.1. The van der Waals surface area contributed by atoms with Crippen molar-refractivity contribution in [2.24, 2.45) is 0 Å². The Bertz CT molecular complexity index is 383. The van der Waals surface area contributed by atoms with Gasteiger partial charge in [-0.25, -0.2) is 4.98 Å². The number of hydrogen-bond donors (Lipinski definition) is 1. The van der Waals surface area contributed by atoms with Gasteiger partial charge in [-0.15, -0.1) is 11.3 Å². The highest BCUT2D eigenvalue weighted by Crippen LogP contribution is 2.20. The number of morpholine rings is 1. The number of ether oxygens (including phenoxy) is 1. The number of hydrogen-bond acceptors (Lipinski definition) is 6. The van der Waals surface area contributed by atoms with Crippen molar-refractivity contribution >= 4 is 16.5 Å². The second kappa shape index (κ2) is 4.89. The van der Waals surface area contributed by atoms with Crippen molar-refractivity contribution in [2.45, 2.75) is 12.6 Å². The van der Waals surface area contributed by atoms with Crippen molar-refractivity contribution in [3.8, 4) is 0 Å². The Labute approximate surface area is 105 Å². The fourth-order valence-corrected chi connectivity index (χ4v) is 3.30. The molecule has 0 aromatic carbocycles. The van der Waals surface area contributed by atoms with Crippen LogP contribution in [0.25, 0.3) is 0 Å². The maximum absolute atomic E-state index is 5.65. The molecule has 2 aliphatic rings. The highest BCUT2D eigenvalue weighted by Gasteiger charge is 2.29. The molecular weight excluding hydrogens is 236 g/mol. The van der Waals surface area contributed by atoms with E-state index in [1.165, 1.54) is 4.88 Å². The smallest absolute Gasteiger partial charge is 0.180 e. The number of thiazole rings is 1. The SMILES string of the molecule is Nc1ncc(CN2CCN3CCOCC3C2)s1. The largest absolute Gasteiger partial charge is 0.378 e. The molecule has 1 aromatic heterocycles. The molecule has 5 nitrogen and oxygen atoms in total. The van der Waals surface area contributed by atoms with E-state index in [4.69, 9.17) is 10.5 Å². The molecule has 2 saturated heterocycles. The van der Waals surface area contributed by atoms with Crippen LogP contribution in [0.15, 0.2) is 6.20 Å². The zero-order valence-corrected chi connectivity index (χ0v) is 10.7. The number of nitrogens with zero attached hydrogens (tertiary/aromatic N) is 3. The van der Waals surface area contributed by atoms with E-state index in [9.17, 15) is 0 Å². The first-order chi connectivity index (χ1) is 8.31. The van der Waals surface area contributed by atoms with Crippen LogP contribution in [0.1, 0.15) is 4.88 Å². The lowest BCUT2D eigenvalue weighted by atomic mass is 10.1. The highest BCUT2D eigenvalue weighted by molar-refractivity contribution is 7.15. The molecule has 2 N–H and O–H groups in total. The second-order valence-corrected chi connectivity index (χ2v) is 5.81. The van der Waals surface area contributed by atoms with Gasteiger partial charge in [-0.1, -0.05) is 0 Å². The number of anilines is 1. The molecule has 0 bridgehead atoms. The quantitative estimate of drug-likeness (QED) is 0.819. The Balaban J connectivity index is 1.58. The van der Waals surface area contributed by atoms with Crippen LogP contribution in [-0.2, 0) is 11.3 Å². The lowest BCUT2D eigenvalue weighted by Crippen LogP contribution is -2.57. The molecule has 3 heterocycles. The minimum absolute atomic E-state index is 0.572. The van der Waals surface area contributed by atoms with E-state index in [1.807, 2.05) is 6.20 Å². The summed E-state index contributed by atoms with van der Waals surface area (Å²) in [5.74, 6) is 0. The Morgan fingerprint density at radius 3 is 3.24 bits per heavy atom. The summed E-state index contributed by atoms with van der Waals surface area (Å²) in [6, 6.07) is 0.572. The Morgan fingerprint density at radius 2 is 2.41 bits per heavy atom. The van der Waals surface area contributed by atoms with Crippen LogP contribution in [0, 0.1) is 0 Å². The van der Waals surface area contributed by atoms with Gasteiger partial charge in [0.1, 0.15) is 0 Å².